The molecule has 3 aromatic rings. The van der Waals surface area contributed by atoms with Crippen molar-refractivity contribution >= 4 is 16.9 Å². The van der Waals surface area contributed by atoms with E-state index >= 15 is 0 Å². The largest absolute Gasteiger partial charge is 0.573 e. The Balaban J connectivity index is 1.30. The van der Waals surface area contributed by atoms with E-state index in [9.17, 15) is 18.0 Å². The summed E-state index contributed by atoms with van der Waals surface area (Å²) in [5.41, 5.74) is 2.00. The van der Waals surface area contributed by atoms with Crippen LogP contribution in [0.25, 0.3) is 11.0 Å². The molecule has 0 aliphatic heterocycles. The Morgan fingerprint density at radius 1 is 1.18 bits per heavy atom. The average molecular weight is 458 g/mol. The highest BCUT2D eigenvalue weighted by Gasteiger charge is 2.73. The summed E-state index contributed by atoms with van der Waals surface area (Å²) in [5.74, 6) is 0.00736. The van der Waals surface area contributed by atoms with Crippen molar-refractivity contribution < 1.29 is 22.7 Å². The van der Waals surface area contributed by atoms with E-state index < -0.39 is 6.36 Å². The van der Waals surface area contributed by atoms with E-state index in [1.807, 2.05) is 36.1 Å². The molecule has 2 atom stereocenters. The van der Waals surface area contributed by atoms with E-state index in [2.05, 4.69) is 20.0 Å². The van der Waals surface area contributed by atoms with Gasteiger partial charge in [0.1, 0.15) is 5.75 Å². The molecule has 5 rings (SSSR count). The molecule has 2 N–H and O–H groups in total. The van der Waals surface area contributed by atoms with Gasteiger partial charge in [-0.2, -0.15) is 0 Å². The van der Waals surface area contributed by atoms with Crippen molar-refractivity contribution in [2.45, 2.75) is 56.6 Å². The Morgan fingerprint density at radius 3 is 2.64 bits per heavy atom. The molecular weight excluding hydrogens is 433 g/mol. The normalized spacial score (nSPS) is 24.0. The summed E-state index contributed by atoms with van der Waals surface area (Å²) in [6.07, 6.45) is -0.971. The van der Waals surface area contributed by atoms with Crippen LogP contribution in [0.3, 0.4) is 0 Å². The van der Waals surface area contributed by atoms with Crippen LogP contribution in [0.5, 0.6) is 5.75 Å². The smallest absolute Gasteiger partial charge is 0.406 e. The van der Waals surface area contributed by atoms with Gasteiger partial charge in [-0.3, -0.25) is 4.79 Å². The van der Waals surface area contributed by atoms with Gasteiger partial charge in [0.05, 0.1) is 16.6 Å². The van der Waals surface area contributed by atoms with E-state index in [4.69, 9.17) is 0 Å². The van der Waals surface area contributed by atoms with Gasteiger partial charge in [-0.15, -0.1) is 13.2 Å². The third-order valence-corrected chi connectivity index (χ3v) is 7.01. The molecule has 2 aliphatic carbocycles. The number of hydrogen-bond donors (Lipinski definition) is 2. The minimum Gasteiger partial charge on any atom is -0.406 e. The number of aromatic nitrogens is 2. The van der Waals surface area contributed by atoms with Gasteiger partial charge >= 0.3 is 6.36 Å². The predicted octanol–water partition coefficient (Wildman–Crippen LogP) is 4.78. The third-order valence-electron chi connectivity index (χ3n) is 7.01. The number of rotatable bonds is 7. The zero-order chi connectivity index (χ0) is 23.3. The predicted molar refractivity (Wildman–Crippen MR) is 117 cm³/mol. The lowest BCUT2D eigenvalue weighted by Crippen LogP contribution is -2.49. The number of halogens is 3. The Kier molecular flexibility index (Phi) is 5.12. The summed E-state index contributed by atoms with van der Waals surface area (Å²) in [4.78, 5) is 23.0. The molecule has 0 bridgehead atoms. The highest BCUT2D eigenvalue weighted by Crippen LogP contribution is 2.63. The Morgan fingerprint density at radius 2 is 1.94 bits per heavy atom. The van der Waals surface area contributed by atoms with Crippen molar-refractivity contribution in [1.29, 1.82) is 0 Å². The summed E-state index contributed by atoms with van der Waals surface area (Å²) in [5, 5.41) is 3.62. The molecule has 174 valence electrons. The molecule has 0 saturated heterocycles. The molecule has 2 saturated carbocycles. The maximum Gasteiger partial charge on any atom is 0.573 e. The molecule has 33 heavy (non-hydrogen) atoms. The molecular formula is C24H25F3N4O2. The molecule has 9 heteroatoms. The van der Waals surface area contributed by atoms with Gasteiger partial charge < -0.3 is 19.9 Å². The number of fused-ring (bicyclic) bond motifs is 2. The lowest BCUT2D eigenvalue weighted by molar-refractivity contribution is -0.274. The second kappa shape index (κ2) is 7.76. The fourth-order valence-corrected chi connectivity index (χ4v) is 5.49. The Hall–Kier alpha value is -3.07. The van der Waals surface area contributed by atoms with Crippen LogP contribution in [-0.2, 0) is 6.54 Å². The molecule has 2 aliphatic rings. The number of carbonyl (C=O) groups is 1. The lowest BCUT2D eigenvalue weighted by Gasteiger charge is -2.32. The zero-order valence-electron chi connectivity index (χ0n) is 18.2. The number of imidazole rings is 1. The zero-order valence-corrected chi connectivity index (χ0v) is 18.2. The summed E-state index contributed by atoms with van der Waals surface area (Å²) in [6, 6.07) is 13.5. The molecule has 2 fully saturated rings. The van der Waals surface area contributed by atoms with Crippen molar-refractivity contribution in [3.63, 3.8) is 0 Å². The Labute approximate surface area is 189 Å². The fourth-order valence-electron chi connectivity index (χ4n) is 5.49. The number of alkyl halides is 3. The topological polar surface area (TPSA) is 70.2 Å². The number of para-hydroxylation sites is 2. The number of ether oxygens (including phenoxy) is 1. The molecule has 0 unspecified atom stereocenters. The van der Waals surface area contributed by atoms with Gasteiger partial charge in [0.15, 0.2) is 5.82 Å². The third kappa shape index (κ3) is 3.84. The molecule has 1 heterocycles. The van der Waals surface area contributed by atoms with Crippen LogP contribution < -0.4 is 10.1 Å². The molecule has 1 amide bonds. The summed E-state index contributed by atoms with van der Waals surface area (Å²) >= 11 is 0. The standard InChI is InChI=1S/C24H25F3N4O2/c1-2-31(21(32)20-29-18-6-3-4-7-19(18)30-20)23-13-5-12-22(23,15-23)28-14-16-8-10-17(11-9-16)33-24(25,26)27/h3-4,6-11,28H,2,5,12-15H2,1H3,(H,29,30)/t22-,23+/m0/s1. The maximum absolute atomic E-state index is 13.4. The molecule has 2 aromatic carbocycles. The first kappa shape index (κ1) is 21.8. The number of carbonyl (C=O) groups excluding carboxylic acids is 1. The van der Waals surface area contributed by atoms with E-state index in [1.165, 1.54) is 12.1 Å². The number of nitrogens with zero attached hydrogens (tertiary/aromatic N) is 2. The van der Waals surface area contributed by atoms with Crippen LogP contribution >= 0.6 is 0 Å². The van der Waals surface area contributed by atoms with Gasteiger partial charge in [0, 0.05) is 18.6 Å². The summed E-state index contributed by atoms with van der Waals surface area (Å²) in [6.45, 7) is 3.06. The molecule has 1 aromatic heterocycles. The number of likely N-dealkylation sites (N-methyl/N-ethyl adjacent to an activating group) is 1. The summed E-state index contributed by atoms with van der Waals surface area (Å²) < 4.78 is 41.1. The van der Waals surface area contributed by atoms with Crippen LogP contribution in [0.1, 0.15) is 48.8 Å². The van der Waals surface area contributed by atoms with Crippen LogP contribution in [-0.4, -0.2) is 44.8 Å². The lowest BCUT2D eigenvalue weighted by atomic mass is 10.1. The first-order valence-corrected chi connectivity index (χ1v) is 11.1. The highest BCUT2D eigenvalue weighted by molar-refractivity contribution is 5.95. The van der Waals surface area contributed by atoms with Gasteiger partial charge in [0.25, 0.3) is 5.91 Å². The quantitative estimate of drug-likeness (QED) is 0.535. The van der Waals surface area contributed by atoms with Crippen molar-refractivity contribution in [3.8, 4) is 5.75 Å². The van der Waals surface area contributed by atoms with E-state index in [-0.39, 0.29) is 22.7 Å². The number of benzene rings is 2. The molecule has 0 spiro atoms. The van der Waals surface area contributed by atoms with Gasteiger partial charge in [0.2, 0.25) is 0 Å². The first-order chi connectivity index (χ1) is 15.8. The van der Waals surface area contributed by atoms with Crippen molar-refractivity contribution in [2.75, 3.05) is 6.54 Å². The minimum absolute atomic E-state index is 0.104. The second-order valence-electron chi connectivity index (χ2n) is 8.84. The van der Waals surface area contributed by atoms with Crippen LogP contribution in [0.4, 0.5) is 13.2 Å². The van der Waals surface area contributed by atoms with E-state index in [0.717, 1.165) is 42.3 Å². The SMILES string of the molecule is CCN(C(=O)c1nc2ccccc2[nH]1)[C@@]12CCC[C@]1(NCc1ccc(OC(F)(F)F)cc1)C2. The number of hydrogen-bond acceptors (Lipinski definition) is 4. The average Bonchev–Trinajstić information content (AvgIpc) is 3.08. The van der Waals surface area contributed by atoms with E-state index in [1.54, 1.807) is 12.1 Å². The van der Waals surface area contributed by atoms with Crippen molar-refractivity contribution in [3.05, 3.63) is 59.9 Å². The van der Waals surface area contributed by atoms with Crippen LogP contribution in [0, 0.1) is 0 Å². The number of H-pyrrole nitrogens is 1. The minimum atomic E-state index is -4.70. The van der Waals surface area contributed by atoms with Gasteiger partial charge in [-0.1, -0.05) is 24.3 Å². The number of nitrogens with one attached hydrogen (secondary N) is 2. The van der Waals surface area contributed by atoms with Gasteiger partial charge in [-0.05, 0) is 62.4 Å². The van der Waals surface area contributed by atoms with Crippen LogP contribution in [0.2, 0.25) is 0 Å². The second-order valence-corrected chi connectivity index (χ2v) is 8.84. The molecule has 0 radical (unpaired) electrons. The maximum atomic E-state index is 13.4. The number of aromatic amines is 1. The van der Waals surface area contributed by atoms with E-state index in [0.29, 0.717) is 18.9 Å². The van der Waals surface area contributed by atoms with Gasteiger partial charge in [-0.25, -0.2) is 4.98 Å². The van der Waals surface area contributed by atoms with Crippen LogP contribution in [0.15, 0.2) is 48.5 Å². The van der Waals surface area contributed by atoms with Crippen molar-refractivity contribution in [2.24, 2.45) is 0 Å². The monoisotopic (exact) mass is 458 g/mol. The molecule has 6 nitrogen and oxygen atoms in total. The first-order valence-electron chi connectivity index (χ1n) is 11.1. The Bertz CT molecular complexity index is 1140. The number of amides is 1. The highest BCUT2D eigenvalue weighted by atomic mass is 19.4. The fraction of sp³-hybridized carbons (Fsp3) is 0.417. The van der Waals surface area contributed by atoms with Crippen molar-refractivity contribution in [1.82, 2.24) is 20.2 Å². The summed E-state index contributed by atoms with van der Waals surface area (Å²) in [7, 11) is 0.